The molecule has 0 unspecified atom stereocenters. The van der Waals surface area contributed by atoms with Gasteiger partial charge < -0.3 is 10.1 Å². The van der Waals surface area contributed by atoms with Crippen molar-refractivity contribution >= 4 is 43.2 Å². The van der Waals surface area contributed by atoms with E-state index in [1.807, 2.05) is 36.4 Å². The van der Waals surface area contributed by atoms with E-state index >= 15 is 0 Å². The van der Waals surface area contributed by atoms with Gasteiger partial charge in [0, 0.05) is 20.7 Å². The van der Waals surface area contributed by atoms with Gasteiger partial charge in [0.05, 0.1) is 18.4 Å². The summed E-state index contributed by atoms with van der Waals surface area (Å²) in [5.74, 6) is 0.741. The van der Waals surface area contributed by atoms with E-state index in [2.05, 4.69) is 43.2 Å². The molecule has 0 heterocycles. The van der Waals surface area contributed by atoms with Crippen LogP contribution in [-0.4, -0.2) is 7.11 Å². The second kappa shape index (κ2) is 6.09. The minimum Gasteiger partial charge on any atom is -0.497 e. The molecule has 1 N–H and O–H groups in total. The third-order valence-electron chi connectivity index (χ3n) is 2.51. The van der Waals surface area contributed by atoms with Crippen LogP contribution in [0.1, 0.15) is 5.56 Å². The molecule has 0 fully saturated rings. The molecule has 2 rings (SSSR count). The van der Waals surface area contributed by atoms with E-state index in [9.17, 15) is 5.26 Å². The number of ether oxygens (including phenoxy) is 1. The van der Waals surface area contributed by atoms with Gasteiger partial charge in [0.1, 0.15) is 11.8 Å². The molecule has 2 aromatic rings. The number of nitrogens with zero attached hydrogens (tertiary/aromatic N) is 1. The van der Waals surface area contributed by atoms with Crippen LogP contribution in [0, 0.1) is 11.3 Å². The van der Waals surface area contributed by atoms with E-state index in [0.29, 0.717) is 5.56 Å². The number of hydrogen-bond donors (Lipinski definition) is 1. The molecule has 0 spiro atoms. The number of methoxy groups -OCH3 is 1. The molecule has 0 bridgehead atoms. The summed E-state index contributed by atoms with van der Waals surface area (Å²) < 4.78 is 6.88. The van der Waals surface area contributed by atoms with Gasteiger partial charge in [0.25, 0.3) is 0 Å². The van der Waals surface area contributed by atoms with Crippen molar-refractivity contribution in [3.8, 4) is 11.8 Å². The summed E-state index contributed by atoms with van der Waals surface area (Å²) in [7, 11) is 1.62. The molecular formula is C14H10Br2N2O. The van der Waals surface area contributed by atoms with E-state index in [-0.39, 0.29) is 0 Å². The smallest absolute Gasteiger partial charge is 0.122 e. The lowest BCUT2D eigenvalue weighted by Crippen LogP contribution is -1.95. The van der Waals surface area contributed by atoms with Crippen LogP contribution in [0.4, 0.5) is 11.4 Å². The highest BCUT2D eigenvalue weighted by molar-refractivity contribution is 9.10. The molecule has 0 saturated heterocycles. The number of nitriles is 1. The quantitative estimate of drug-likeness (QED) is 0.827. The van der Waals surface area contributed by atoms with Gasteiger partial charge in [-0.3, -0.25) is 0 Å². The van der Waals surface area contributed by atoms with Gasteiger partial charge >= 0.3 is 0 Å². The maximum absolute atomic E-state index is 9.18. The summed E-state index contributed by atoms with van der Waals surface area (Å²) in [6.45, 7) is 0. The van der Waals surface area contributed by atoms with Gasteiger partial charge in [-0.1, -0.05) is 22.0 Å². The first-order valence-corrected chi connectivity index (χ1v) is 7.03. The Bertz CT molecular complexity index is 650. The third-order valence-corrected chi connectivity index (χ3v) is 3.63. The fourth-order valence-electron chi connectivity index (χ4n) is 1.65. The van der Waals surface area contributed by atoms with Crippen molar-refractivity contribution in [3.63, 3.8) is 0 Å². The Morgan fingerprint density at radius 3 is 2.68 bits per heavy atom. The molecule has 0 radical (unpaired) electrons. The van der Waals surface area contributed by atoms with Gasteiger partial charge in [-0.2, -0.15) is 5.26 Å². The summed E-state index contributed by atoms with van der Waals surface area (Å²) in [5, 5.41) is 12.4. The number of rotatable bonds is 3. The zero-order valence-electron chi connectivity index (χ0n) is 10.1. The van der Waals surface area contributed by atoms with Crippen molar-refractivity contribution < 1.29 is 4.74 Å². The van der Waals surface area contributed by atoms with Crippen molar-refractivity contribution in [2.45, 2.75) is 0 Å². The standard InChI is InChI=1S/C14H10Br2N2O/c1-19-11-6-9(15)5-10(7-11)18-14-4-2-3-13(16)12(14)8-17/h2-7,18H,1H3. The van der Waals surface area contributed by atoms with Crippen molar-refractivity contribution in [2.24, 2.45) is 0 Å². The Morgan fingerprint density at radius 1 is 1.21 bits per heavy atom. The maximum atomic E-state index is 9.18. The van der Waals surface area contributed by atoms with Gasteiger partial charge in [0.2, 0.25) is 0 Å². The number of benzene rings is 2. The number of hydrogen-bond acceptors (Lipinski definition) is 3. The molecule has 0 atom stereocenters. The lowest BCUT2D eigenvalue weighted by Gasteiger charge is -2.11. The third kappa shape index (κ3) is 3.28. The van der Waals surface area contributed by atoms with E-state index in [1.165, 1.54) is 0 Å². The van der Waals surface area contributed by atoms with Gasteiger partial charge in [-0.25, -0.2) is 0 Å². The zero-order valence-corrected chi connectivity index (χ0v) is 13.2. The minimum atomic E-state index is 0.571. The highest BCUT2D eigenvalue weighted by Gasteiger charge is 2.07. The summed E-state index contributed by atoms with van der Waals surface area (Å²) in [5.41, 5.74) is 2.17. The Morgan fingerprint density at radius 2 is 2.00 bits per heavy atom. The predicted octanol–water partition coefficient (Wildman–Crippen LogP) is 4.84. The van der Waals surface area contributed by atoms with E-state index in [4.69, 9.17) is 4.74 Å². The second-order valence-corrected chi connectivity index (χ2v) is 5.55. The molecule has 0 amide bonds. The SMILES string of the molecule is COc1cc(Br)cc(Nc2cccc(Br)c2C#N)c1. The number of anilines is 2. The Labute approximate surface area is 128 Å². The molecule has 0 aliphatic carbocycles. The molecule has 2 aromatic carbocycles. The summed E-state index contributed by atoms with van der Waals surface area (Å²) in [4.78, 5) is 0. The van der Waals surface area contributed by atoms with Crippen LogP contribution in [-0.2, 0) is 0 Å². The summed E-state index contributed by atoms with van der Waals surface area (Å²) in [6.07, 6.45) is 0. The van der Waals surface area contributed by atoms with Crippen LogP contribution in [0.25, 0.3) is 0 Å². The van der Waals surface area contributed by atoms with Crippen LogP contribution in [0.2, 0.25) is 0 Å². The van der Waals surface area contributed by atoms with Crippen molar-refractivity contribution in [1.29, 1.82) is 5.26 Å². The zero-order chi connectivity index (χ0) is 13.8. The minimum absolute atomic E-state index is 0.571. The molecule has 0 aliphatic heterocycles. The van der Waals surface area contributed by atoms with Crippen LogP contribution >= 0.6 is 31.9 Å². The Balaban J connectivity index is 2.39. The topological polar surface area (TPSA) is 45.0 Å². The fraction of sp³-hybridized carbons (Fsp3) is 0.0714. The van der Waals surface area contributed by atoms with E-state index in [0.717, 1.165) is 26.1 Å². The lowest BCUT2D eigenvalue weighted by atomic mass is 10.2. The molecule has 5 heteroatoms. The van der Waals surface area contributed by atoms with Crippen molar-refractivity contribution in [3.05, 3.63) is 50.9 Å². The average Bonchev–Trinajstić information content (AvgIpc) is 2.38. The average molecular weight is 382 g/mol. The highest BCUT2D eigenvalue weighted by atomic mass is 79.9. The first kappa shape index (κ1) is 13.9. The molecule has 3 nitrogen and oxygen atoms in total. The lowest BCUT2D eigenvalue weighted by molar-refractivity contribution is 0.415. The summed E-state index contributed by atoms with van der Waals surface area (Å²) >= 11 is 6.79. The molecule has 0 aliphatic rings. The number of halogens is 2. The Kier molecular flexibility index (Phi) is 4.46. The van der Waals surface area contributed by atoms with Crippen molar-refractivity contribution in [1.82, 2.24) is 0 Å². The molecule has 96 valence electrons. The first-order chi connectivity index (χ1) is 9.13. The molecule has 0 aromatic heterocycles. The molecule has 19 heavy (non-hydrogen) atoms. The van der Waals surface area contributed by atoms with Crippen LogP contribution in [0.5, 0.6) is 5.75 Å². The largest absolute Gasteiger partial charge is 0.497 e. The predicted molar refractivity (Wildman–Crippen MR) is 82.8 cm³/mol. The second-order valence-electron chi connectivity index (χ2n) is 3.78. The Hall–Kier alpha value is -1.51. The highest BCUT2D eigenvalue weighted by Crippen LogP contribution is 2.30. The number of nitrogens with one attached hydrogen (secondary N) is 1. The van der Waals surface area contributed by atoms with Crippen molar-refractivity contribution in [2.75, 3.05) is 12.4 Å². The van der Waals surface area contributed by atoms with Crippen LogP contribution in [0.3, 0.4) is 0 Å². The van der Waals surface area contributed by atoms with Crippen LogP contribution in [0.15, 0.2) is 45.3 Å². The van der Waals surface area contributed by atoms with Crippen LogP contribution < -0.4 is 10.1 Å². The van der Waals surface area contributed by atoms with E-state index in [1.54, 1.807) is 7.11 Å². The normalized spacial score (nSPS) is 9.79. The van der Waals surface area contributed by atoms with Gasteiger partial charge in [-0.15, -0.1) is 0 Å². The monoisotopic (exact) mass is 380 g/mol. The summed E-state index contributed by atoms with van der Waals surface area (Å²) in [6, 6.07) is 13.4. The fourth-order valence-corrected chi connectivity index (χ4v) is 2.58. The molecular weight excluding hydrogens is 372 g/mol. The van der Waals surface area contributed by atoms with E-state index < -0.39 is 0 Å². The van der Waals surface area contributed by atoms with Gasteiger partial charge in [-0.05, 0) is 40.2 Å². The van der Waals surface area contributed by atoms with Gasteiger partial charge in [0.15, 0.2) is 0 Å². The first-order valence-electron chi connectivity index (χ1n) is 5.44. The maximum Gasteiger partial charge on any atom is 0.122 e. The molecule has 0 saturated carbocycles.